The van der Waals surface area contributed by atoms with E-state index in [1.54, 1.807) is 24.3 Å². The van der Waals surface area contributed by atoms with Gasteiger partial charge < -0.3 is 19.5 Å². The lowest BCUT2D eigenvalue weighted by molar-refractivity contribution is -0.142. The van der Waals surface area contributed by atoms with Crippen molar-refractivity contribution in [3.05, 3.63) is 30.4 Å². The maximum Gasteiger partial charge on any atom is 0.230 e. The first-order chi connectivity index (χ1) is 12.4. The summed E-state index contributed by atoms with van der Waals surface area (Å²) in [4.78, 5) is 36.9. The number of hydrogen-bond acceptors (Lipinski definition) is 4. The summed E-state index contributed by atoms with van der Waals surface area (Å²) in [5, 5.41) is 0. The summed E-state index contributed by atoms with van der Waals surface area (Å²) < 4.78 is 6.17. The molecule has 2 saturated heterocycles. The second kappa shape index (κ2) is 6.23. The minimum atomic E-state index is -0.620. The lowest BCUT2D eigenvalue weighted by atomic mass is 9.76. The van der Waals surface area contributed by atoms with Gasteiger partial charge in [0.25, 0.3) is 0 Å². The van der Waals surface area contributed by atoms with E-state index < -0.39 is 17.4 Å². The minimum absolute atomic E-state index is 0.0540. The predicted molar refractivity (Wildman–Crippen MR) is 94.8 cm³/mol. The third-order valence-electron chi connectivity index (χ3n) is 5.76. The summed E-state index contributed by atoms with van der Waals surface area (Å²) in [6.07, 6.45) is 8.02. The molecule has 7 nitrogen and oxygen atoms in total. The smallest absolute Gasteiger partial charge is 0.230 e. The number of nitrogens with zero attached hydrogens (tertiary/aromatic N) is 3. The molecule has 2 bridgehead atoms. The molecule has 4 atom stereocenters. The molecule has 0 radical (unpaired) electrons. The highest BCUT2D eigenvalue weighted by molar-refractivity contribution is 5.92. The number of likely N-dealkylation sites (tertiary alicyclic amines) is 1. The van der Waals surface area contributed by atoms with Gasteiger partial charge in [0, 0.05) is 26.0 Å². The number of imidazole rings is 1. The Kier molecular flexibility index (Phi) is 4.14. The predicted octanol–water partition coefficient (Wildman–Crippen LogP) is 1.20. The number of hydrogen-bond donors (Lipinski definition) is 1. The Morgan fingerprint density at radius 1 is 1.54 bits per heavy atom. The topological polar surface area (TPSA) is 78.5 Å². The minimum Gasteiger partial charge on any atom is -0.360 e. The van der Waals surface area contributed by atoms with Gasteiger partial charge in [0.1, 0.15) is 11.4 Å². The van der Waals surface area contributed by atoms with E-state index in [-0.39, 0.29) is 17.9 Å². The van der Waals surface area contributed by atoms with Crippen LogP contribution in [0, 0.1) is 17.8 Å². The normalized spacial score (nSPS) is 31.9. The Hall–Kier alpha value is -2.15. The zero-order valence-electron chi connectivity index (χ0n) is 15.5. The van der Waals surface area contributed by atoms with Crippen LogP contribution in [0.3, 0.4) is 0 Å². The molecular formula is C19H26N4O3. The third-order valence-corrected chi connectivity index (χ3v) is 5.76. The molecule has 2 amide bonds. The first-order valence-electron chi connectivity index (χ1n) is 9.30. The van der Waals surface area contributed by atoms with E-state index in [1.165, 1.54) is 0 Å². The average molecular weight is 358 g/mol. The highest BCUT2D eigenvalue weighted by Gasteiger charge is 2.66. The van der Waals surface area contributed by atoms with E-state index in [2.05, 4.69) is 23.8 Å². The number of H-pyrrole nitrogens is 1. The SMILES string of the molecule is CC(C)CCN1C[C@]23C=C[C@H](O2)[C@@H](C(=O)N(C)Cc2ncc[nH]2)[C@H]3C1=O. The van der Waals surface area contributed by atoms with Crippen LogP contribution < -0.4 is 0 Å². The van der Waals surface area contributed by atoms with Crippen LogP contribution in [0.25, 0.3) is 0 Å². The molecule has 2 fully saturated rings. The second-order valence-electron chi connectivity index (χ2n) is 8.07. The Morgan fingerprint density at radius 2 is 2.35 bits per heavy atom. The summed E-state index contributed by atoms with van der Waals surface area (Å²) in [5.74, 6) is 0.411. The van der Waals surface area contributed by atoms with Gasteiger partial charge in [-0.15, -0.1) is 0 Å². The van der Waals surface area contributed by atoms with Crippen LogP contribution in [-0.2, 0) is 20.9 Å². The fourth-order valence-electron chi connectivity index (χ4n) is 4.40. The van der Waals surface area contributed by atoms with E-state index in [4.69, 9.17) is 4.74 Å². The van der Waals surface area contributed by atoms with Gasteiger partial charge in [0.05, 0.1) is 31.0 Å². The first kappa shape index (κ1) is 17.3. The quantitative estimate of drug-likeness (QED) is 0.775. The molecule has 26 heavy (non-hydrogen) atoms. The summed E-state index contributed by atoms with van der Waals surface area (Å²) in [6, 6.07) is 0. The molecule has 4 heterocycles. The molecule has 140 valence electrons. The lowest BCUT2D eigenvalue weighted by Gasteiger charge is -2.27. The largest absolute Gasteiger partial charge is 0.360 e. The molecule has 0 saturated carbocycles. The molecule has 7 heteroatoms. The van der Waals surface area contributed by atoms with Crippen molar-refractivity contribution in [1.29, 1.82) is 0 Å². The Balaban J connectivity index is 1.52. The number of carbonyl (C=O) groups is 2. The Bertz CT molecular complexity index is 729. The Labute approximate surface area is 153 Å². The van der Waals surface area contributed by atoms with Crippen LogP contribution in [0.2, 0.25) is 0 Å². The van der Waals surface area contributed by atoms with Crippen molar-refractivity contribution in [1.82, 2.24) is 19.8 Å². The van der Waals surface area contributed by atoms with E-state index in [1.807, 2.05) is 17.1 Å². The van der Waals surface area contributed by atoms with Crippen molar-refractivity contribution < 1.29 is 14.3 Å². The summed E-state index contributed by atoms with van der Waals surface area (Å²) in [5.41, 5.74) is -0.620. The summed E-state index contributed by atoms with van der Waals surface area (Å²) in [6.45, 7) is 5.97. The fourth-order valence-corrected chi connectivity index (χ4v) is 4.40. The average Bonchev–Trinajstić information content (AvgIpc) is 3.35. The standard InChI is InChI=1S/C19H26N4O3/c1-12(2)5-9-23-11-19-6-4-13(26-19)15(16(19)18(23)25)17(24)22(3)10-14-20-7-8-21-14/h4,6-8,12-13,15-16H,5,9-11H2,1-3H3,(H,20,21)/t13-,15+,16-,19-/m0/s1. The van der Waals surface area contributed by atoms with Crippen molar-refractivity contribution in [3.63, 3.8) is 0 Å². The van der Waals surface area contributed by atoms with Crippen LogP contribution in [0.5, 0.6) is 0 Å². The molecule has 0 unspecified atom stereocenters. The number of amides is 2. The number of ether oxygens (including phenoxy) is 1. The fraction of sp³-hybridized carbons (Fsp3) is 0.632. The van der Waals surface area contributed by atoms with Gasteiger partial charge in [-0.05, 0) is 12.3 Å². The van der Waals surface area contributed by atoms with E-state index in [9.17, 15) is 9.59 Å². The molecule has 3 aliphatic rings. The van der Waals surface area contributed by atoms with Crippen LogP contribution in [-0.4, -0.2) is 63.4 Å². The molecule has 1 aromatic rings. The van der Waals surface area contributed by atoms with Crippen LogP contribution in [0.4, 0.5) is 0 Å². The number of carbonyl (C=O) groups excluding carboxylic acids is 2. The summed E-state index contributed by atoms with van der Waals surface area (Å²) >= 11 is 0. The molecule has 1 N–H and O–H groups in total. The van der Waals surface area contributed by atoms with Gasteiger partial charge in [0.2, 0.25) is 11.8 Å². The van der Waals surface area contributed by atoms with Crippen molar-refractivity contribution in [2.75, 3.05) is 20.1 Å². The zero-order chi connectivity index (χ0) is 18.5. The highest BCUT2D eigenvalue weighted by Crippen LogP contribution is 2.52. The lowest BCUT2D eigenvalue weighted by Crippen LogP contribution is -2.44. The molecule has 4 rings (SSSR count). The monoisotopic (exact) mass is 358 g/mol. The second-order valence-corrected chi connectivity index (χ2v) is 8.07. The van der Waals surface area contributed by atoms with Gasteiger partial charge in [-0.3, -0.25) is 9.59 Å². The molecule has 1 spiro atoms. The van der Waals surface area contributed by atoms with Gasteiger partial charge in [0.15, 0.2) is 0 Å². The third kappa shape index (κ3) is 2.65. The number of nitrogens with one attached hydrogen (secondary N) is 1. The molecule has 3 aliphatic heterocycles. The van der Waals surface area contributed by atoms with E-state index >= 15 is 0 Å². The number of rotatable bonds is 6. The molecule has 0 aromatic carbocycles. The Morgan fingerprint density at radius 3 is 3.04 bits per heavy atom. The number of aromatic amines is 1. The number of fused-ring (bicyclic) bond motifs is 1. The molecular weight excluding hydrogens is 332 g/mol. The van der Waals surface area contributed by atoms with Gasteiger partial charge in [-0.25, -0.2) is 4.98 Å². The van der Waals surface area contributed by atoms with E-state index in [0.29, 0.717) is 19.0 Å². The first-order valence-corrected chi connectivity index (χ1v) is 9.30. The van der Waals surface area contributed by atoms with Gasteiger partial charge in [-0.2, -0.15) is 0 Å². The zero-order valence-corrected chi connectivity index (χ0v) is 15.5. The van der Waals surface area contributed by atoms with Crippen molar-refractivity contribution in [3.8, 4) is 0 Å². The molecule has 1 aromatic heterocycles. The van der Waals surface area contributed by atoms with Crippen molar-refractivity contribution >= 4 is 11.8 Å². The van der Waals surface area contributed by atoms with Crippen molar-refractivity contribution in [2.45, 2.75) is 38.5 Å². The molecule has 0 aliphatic carbocycles. The highest BCUT2D eigenvalue weighted by atomic mass is 16.5. The van der Waals surface area contributed by atoms with Gasteiger partial charge >= 0.3 is 0 Å². The number of aromatic nitrogens is 2. The van der Waals surface area contributed by atoms with E-state index in [0.717, 1.165) is 18.8 Å². The van der Waals surface area contributed by atoms with Crippen LogP contribution in [0.15, 0.2) is 24.5 Å². The maximum absolute atomic E-state index is 13.1. The van der Waals surface area contributed by atoms with Crippen molar-refractivity contribution in [2.24, 2.45) is 17.8 Å². The van der Waals surface area contributed by atoms with Crippen LogP contribution >= 0.6 is 0 Å². The van der Waals surface area contributed by atoms with Gasteiger partial charge in [-0.1, -0.05) is 26.0 Å². The maximum atomic E-state index is 13.1. The van der Waals surface area contributed by atoms with Crippen LogP contribution in [0.1, 0.15) is 26.1 Å². The summed E-state index contributed by atoms with van der Waals surface area (Å²) in [7, 11) is 1.75.